The van der Waals surface area contributed by atoms with Crippen LogP contribution in [0.25, 0.3) is 0 Å². The molecular weight excluding hydrogens is 290 g/mol. The molecule has 0 fully saturated rings. The van der Waals surface area contributed by atoms with Crippen molar-refractivity contribution in [1.82, 2.24) is 15.0 Å². The van der Waals surface area contributed by atoms with E-state index in [0.29, 0.717) is 18.8 Å². The van der Waals surface area contributed by atoms with Crippen molar-refractivity contribution in [2.75, 3.05) is 17.2 Å². The molecule has 2 aromatic rings. The highest BCUT2D eigenvalue weighted by Gasteiger charge is 2.07. The lowest BCUT2D eigenvalue weighted by atomic mass is 10.2. The third-order valence-corrected chi connectivity index (χ3v) is 3.22. The largest absolute Gasteiger partial charge is 0.369 e. The maximum Gasteiger partial charge on any atom is 0.227 e. The van der Waals surface area contributed by atoms with E-state index in [-0.39, 0.29) is 11.8 Å². The van der Waals surface area contributed by atoms with Gasteiger partial charge in [0.2, 0.25) is 5.91 Å². The average molecular weight is 313 g/mol. The van der Waals surface area contributed by atoms with E-state index in [2.05, 4.69) is 39.4 Å². The highest BCUT2D eigenvalue weighted by Crippen LogP contribution is 2.13. The molecule has 1 amide bonds. The molecule has 6 nitrogen and oxygen atoms in total. The first kappa shape index (κ1) is 16.9. The second kappa shape index (κ2) is 7.67. The Bertz CT molecular complexity index is 667. The van der Waals surface area contributed by atoms with E-state index in [1.54, 1.807) is 12.3 Å². The van der Waals surface area contributed by atoms with Crippen molar-refractivity contribution in [2.24, 2.45) is 0 Å². The van der Waals surface area contributed by atoms with E-state index < -0.39 is 0 Å². The summed E-state index contributed by atoms with van der Waals surface area (Å²) < 4.78 is 0. The third-order valence-electron chi connectivity index (χ3n) is 3.22. The van der Waals surface area contributed by atoms with Crippen LogP contribution in [0.1, 0.15) is 43.3 Å². The van der Waals surface area contributed by atoms with Gasteiger partial charge in [0.15, 0.2) is 0 Å². The van der Waals surface area contributed by atoms with Crippen molar-refractivity contribution in [3.63, 3.8) is 0 Å². The van der Waals surface area contributed by atoms with Gasteiger partial charge in [0.05, 0.1) is 0 Å². The van der Waals surface area contributed by atoms with Gasteiger partial charge in [0.25, 0.3) is 0 Å². The van der Waals surface area contributed by atoms with Crippen LogP contribution in [0.3, 0.4) is 0 Å². The topological polar surface area (TPSA) is 79.8 Å². The molecule has 0 bridgehead atoms. The summed E-state index contributed by atoms with van der Waals surface area (Å²) in [6.07, 6.45) is 2.07. The SMILES string of the molecule is Cc1ccc(NC(=O)CCNc2cc(C)nc(C(C)C)n2)nc1. The number of hydrogen-bond acceptors (Lipinski definition) is 5. The Morgan fingerprint density at radius 1 is 1.17 bits per heavy atom. The molecule has 2 heterocycles. The molecule has 23 heavy (non-hydrogen) atoms. The van der Waals surface area contributed by atoms with Crippen LogP contribution in [0, 0.1) is 13.8 Å². The molecule has 0 aliphatic rings. The van der Waals surface area contributed by atoms with Gasteiger partial charge in [-0.3, -0.25) is 4.79 Å². The van der Waals surface area contributed by atoms with Crippen molar-refractivity contribution in [1.29, 1.82) is 0 Å². The lowest BCUT2D eigenvalue weighted by molar-refractivity contribution is -0.116. The lowest BCUT2D eigenvalue weighted by Crippen LogP contribution is -2.17. The lowest BCUT2D eigenvalue weighted by Gasteiger charge is -2.10. The number of hydrogen-bond donors (Lipinski definition) is 2. The number of amides is 1. The molecule has 0 atom stereocenters. The van der Waals surface area contributed by atoms with E-state index in [1.165, 1.54) is 0 Å². The molecule has 2 aromatic heterocycles. The number of carbonyl (C=O) groups excluding carboxylic acids is 1. The van der Waals surface area contributed by atoms with Crippen molar-refractivity contribution in [3.05, 3.63) is 41.5 Å². The first-order valence-corrected chi connectivity index (χ1v) is 7.76. The molecule has 0 unspecified atom stereocenters. The number of pyridine rings is 1. The summed E-state index contributed by atoms with van der Waals surface area (Å²) in [5.74, 6) is 2.32. The molecule has 0 aliphatic carbocycles. The van der Waals surface area contributed by atoms with Crippen molar-refractivity contribution in [2.45, 2.75) is 40.0 Å². The molecule has 0 spiro atoms. The van der Waals surface area contributed by atoms with Crippen LogP contribution in [0.4, 0.5) is 11.6 Å². The van der Waals surface area contributed by atoms with Gasteiger partial charge < -0.3 is 10.6 Å². The fourth-order valence-electron chi connectivity index (χ4n) is 1.99. The molecule has 0 radical (unpaired) electrons. The molecule has 2 rings (SSSR count). The van der Waals surface area contributed by atoms with E-state index in [0.717, 1.165) is 22.9 Å². The fourth-order valence-corrected chi connectivity index (χ4v) is 1.99. The summed E-state index contributed by atoms with van der Waals surface area (Å²) in [5, 5.41) is 5.95. The van der Waals surface area contributed by atoms with Gasteiger partial charge in [-0.25, -0.2) is 15.0 Å². The average Bonchev–Trinajstić information content (AvgIpc) is 2.49. The van der Waals surface area contributed by atoms with Gasteiger partial charge in [-0.15, -0.1) is 0 Å². The summed E-state index contributed by atoms with van der Waals surface area (Å²) in [4.78, 5) is 24.9. The van der Waals surface area contributed by atoms with Gasteiger partial charge >= 0.3 is 0 Å². The zero-order valence-corrected chi connectivity index (χ0v) is 14.1. The quantitative estimate of drug-likeness (QED) is 0.857. The number of anilines is 2. The highest BCUT2D eigenvalue weighted by molar-refractivity contribution is 5.89. The Labute approximate surface area is 136 Å². The van der Waals surface area contributed by atoms with Crippen LogP contribution < -0.4 is 10.6 Å². The first-order valence-electron chi connectivity index (χ1n) is 7.76. The van der Waals surface area contributed by atoms with E-state index >= 15 is 0 Å². The van der Waals surface area contributed by atoms with Crippen LogP contribution in [-0.4, -0.2) is 27.4 Å². The van der Waals surface area contributed by atoms with Crippen LogP contribution in [0.15, 0.2) is 24.4 Å². The molecule has 2 N–H and O–H groups in total. The van der Waals surface area contributed by atoms with Crippen LogP contribution in [0.5, 0.6) is 0 Å². The first-order chi connectivity index (χ1) is 10.9. The van der Waals surface area contributed by atoms with E-state index in [4.69, 9.17) is 0 Å². The number of aromatic nitrogens is 3. The molecule has 6 heteroatoms. The Hall–Kier alpha value is -2.50. The second-order valence-corrected chi connectivity index (χ2v) is 5.85. The highest BCUT2D eigenvalue weighted by atomic mass is 16.1. The fraction of sp³-hybridized carbons (Fsp3) is 0.412. The number of rotatable bonds is 6. The number of nitrogens with one attached hydrogen (secondary N) is 2. The van der Waals surface area contributed by atoms with Crippen molar-refractivity contribution >= 4 is 17.5 Å². The van der Waals surface area contributed by atoms with Crippen LogP contribution in [-0.2, 0) is 4.79 Å². The zero-order chi connectivity index (χ0) is 16.8. The Morgan fingerprint density at radius 2 is 1.96 bits per heavy atom. The van der Waals surface area contributed by atoms with E-state index in [1.807, 2.05) is 26.0 Å². The minimum Gasteiger partial charge on any atom is -0.369 e. The minimum absolute atomic E-state index is 0.0799. The molecule has 0 aromatic carbocycles. The second-order valence-electron chi connectivity index (χ2n) is 5.85. The summed E-state index contributed by atoms with van der Waals surface area (Å²) >= 11 is 0. The van der Waals surface area contributed by atoms with Gasteiger partial charge in [-0.1, -0.05) is 19.9 Å². The van der Waals surface area contributed by atoms with Gasteiger partial charge in [-0.05, 0) is 25.5 Å². The van der Waals surface area contributed by atoms with Crippen molar-refractivity contribution in [3.8, 4) is 0 Å². The number of aryl methyl sites for hydroxylation is 2. The van der Waals surface area contributed by atoms with Gasteiger partial charge in [-0.2, -0.15) is 0 Å². The number of carbonyl (C=O) groups is 1. The van der Waals surface area contributed by atoms with Crippen molar-refractivity contribution < 1.29 is 4.79 Å². The predicted molar refractivity (Wildman–Crippen MR) is 91.6 cm³/mol. The molecular formula is C17H23N5O. The predicted octanol–water partition coefficient (Wildman–Crippen LogP) is 3.05. The zero-order valence-electron chi connectivity index (χ0n) is 14.1. The number of nitrogens with zero attached hydrogens (tertiary/aromatic N) is 3. The summed E-state index contributed by atoms with van der Waals surface area (Å²) in [5.41, 5.74) is 1.98. The van der Waals surface area contributed by atoms with Crippen LogP contribution in [0.2, 0.25) is 0 Å². The van der Waals surface area contributed by atoms with Crippen LogP contribution >= 0.6 is 0 Å². The normalized spacial score (nSPS) is 10.7. The smallest absolute Gasteiger partial charge is 0.227 e. The van der Waals surface area contributed by atoms with Gasteiger partial charge in [0.1, 0.15) is 17.5 Å². The van der Waals surface area contributed by atoms with E-state index in [9.17, 15) is 4.79 Å². The molecule has 0 saturated heterocycles. The maximum atomic E-state index is 11.9. The Kier molecular flexibility index (Phi) is 5.62. The van der Waals surface area contributed by atoms with Gasteiger partial charge in [0, 0.05) is 36.8 Å². The summed E-state index contributed by atoms with van der Waals surface area (Å²) in [6.45, 7) is 8.51. The molecule has 0 aliphatic heterocycles. The standard InChI is InChI=1S/C17H23N5O/c1-11(2)17-20-13(4)9-15(22-17)18-8-7-16(23)21-14-6-5-12(3)10-19-14/h5-6,9-11H,7-8H2,1-4H3,(H,18,20,22)(H,19,21,23). The Balaban J connectivity index is 1.84. The monoisotopic (exact) mass is 313 g/mol. The maximum absolute atomic E-state index is 11.9. The molecule has 0 saturated carbocycles. The third kappa shape index (κ3) is 5.32. The molecule has 122 valence electrons. The Morgan fingerprint density at radius 3 is 2.61 bits per heavy atom. The minimum atomic E-state index is -0.0799. The summed E-state index contributed by atoms with van der Waals surface area (Å²) in [7, 11) is 0. The summed E-state index contributed by atoms with van der Waals surface area (Å²) in [6, 6.07) is 5.59.